The minimum absolute atomic E-state index is 0.201. The standard InChI is InChI=1S/C16H14FN3O4S/c1-9-4-3-5-11(14(9)24-2)15(21)19-16(25)18-13-8-10(20(22)23)6-7-12(13)17/h3-8H,1-2H3,(H2,18,19,21,25). The second kappa shape index (κ2) is 7.67. The van der Waals surface area contributed by atoms with E-state index in [1.807, 2.05) is 0 Å². The first kappa shape index (κ1) is 18.3. The Kier molecular flexibility index (Phi) is 5.60. The smallest absolute Gasteiger partial charge is 0.271 e. The monoisotopic (exact) mass is 363 g/mol. The SMILES string of the molecule is COc1c(C)cccc1C(=O)NC(=S)Nc1cc([N+](=O)[O-])ccc1F. The van der Waals surface area contributed by atoms with Crippen LogP contribution in [0.4, 0.5) is 15.8 Å². The number of methoxy groups -OCH3 is 1. The van der Waals surface area contributed by atoms with E-state index in [-0.39, 0.29) is 22.1 Å². The average Bonchev–Trinajstić information content (AvgIpc) is 2.56. The number of nitrogens with zero attached hydrogens (tertiary/aromatic N) is 1. The number of aryl methyl sites for hydroxylation is 1. The molecule has 2 aromatic rings. The summed E-state index contributed by atoms with van der Waals surface area (Å²) in [5.74, 6) is -0.899. The van der Waals surface area contributed by atoms with Gasteiger partial charge in [-0.15, -0.1) is 0 Å². The first-order chi connectivity index (χ1) is 11.8. The maximum Gasteiger partial charge on any atom is 0.271 e. The zero-order valence-electron chi connectivity index (χ0n) is 13.3. The van der Waals surface area contributed by atoms with Crippen molar-refractivity contribution in [1.82, 2.24) is 5.32 Å². The number of halogens is 1. The number of non-ortho nitro benzene ring substituents is 1. The van der Waals surface area contributed by atoms with Gasteiger partial charge in [-0.05, 0) is 36.8 Å². The normalized spacial score (nSPS) is 10.0. The summed E-state index contributed by atoms with van der Waals surface area (Å²) in [5, 5.41) is 15.4. The van der Waals surface area contributed by atoms with Crippen LogP contribution in [0.3, 0.4) is 0 Å². The van der Waals surface area contributed by atoms with Crippen LogP contribution in [0.2, 0.25) is 0 Å². The third-order valence-corrected chi connectivity index (χ3v) is 3.50. The Morgan fingerprint density at radius 3 is 2.68 bits per heavy atom. The first-order valence-electron chi connectivity index (χ1n) is 7.03. The van der Waals surface area contributed by atoms with E-state index in [0.717, 1.165) is 23.8 Å². The number of benzene rings is 2. The number of nitro groups is 1. The van der Waals surface area contributed by atoms with Crippen LogP contribution in [0.1, 0.15) is 15.9 Å². The average molecular weight is 363 g/mol. The minimum Gasteiger partial charge on any atom is -0.496 e. The molecule has 1 amide bonds. The third kappa shape index (κ3) is 4.27. The van der Waals surface area contributed by atoms with Gasteiger partial charge in [-0.2, -0.15) is 0 Å². The Hall–Kier alpha value is -3.07. The fourth-order valence-corrected chi connectivity index (χ4v) is 2.35. The van der Waals surface area contributed by atoms with E-state index in [2.05, 4.69) is 10.6 Å². The molecule has 0 aromatic heterocycles. The van der Waals surface area contributed by atoms with E-state index in [9.17, 15) is 19.3 Å². The van der Waals surface area contributed by atoms with Crippen LogP contribution in [0.15, 0.2) is 36.4 Å². The predicted octanol–water partition coefficient (Wildman–Crippen LogP) is 3.18. The van der Waals surface area contributed by atoms with Gasteiger partial charge in [-0.25, -0.2) is 4.39 Å². The van der Waals surface area contributed by atoms with Crippen molar-refractivity contribution in [2.75, 3.05) is 12.4 Å². The highest BCUT2D eigenvalue weighted by Crippen LogP contribution is 2.23. The zero-order chi connectivity index (χ0) is 18.6. The summed E-state index contributed by atoms with van der Waals surface area (Å²) in [7, 11) is 1.44. The van der Waals surface area contributed by atoms with Gasteiger partial charge in [0.25, 0.3) is 11.6 Å². The summed E-state index contributed by atoms with van der Waals surface area (Å²) in [6.07, 6.45) is 0. The van der Waals surface area contributed by atoms with Gasteiger partial charge in [0, 0.05) is 12.1 Å². The molecule has 0 aliphatic heterocycles. The summed E-state index contributed by atoms with van der Waals surface area (Å²) in [5.41, 5.74) is 0.499. The summed E-state index contributed by atoms with van der Waals surface area (Å²) < 4.78 is 18.9. The lowest BCUT2D eigenvalue weighted by Gasteiger charge is -2.13. The van der Waals surface area contributed by atoms with Crippen LogP contribution in [-0.2, 0) is 0 Å². The maximum absolute atomic E-state index is 13.7. The summed E-state index contributed by atoms with van der Waals surface area (Å²) in [6.45, 7) is 1.78. The molecule has 130 valence electrons. The largest absolute Gasteiger partial charge is 0.496 e. The fraction of sp³-hybridized carbons (Fsp3) is 0.125. The van der Waals surface area contributed by atoms with Crippen LogP contribution in [0.25, 0.3) is 0 Å². The van der Waals surface area contributed by atoms with Crippen molar-refractivity contribution < 1.29 is 18.8 Å². The Balaban J connectivity index is 2.16. The highest BCUT2D eigenvalue weighted by atomic mass is 32.1. The second-order valence-electron chi connectivity index (χ2n) is 4.99. The summed E-state index contributed by atoms with van der Waals surface area (Å²) in [6, 6.07) is 7.97. The first-order valence-corrected chi connectivity index (χ1v) is 7.44. The molecule has 2 rings (SSSR count). The number of ether oxygens (including phenoxy) is 1. The molecular formula is C16H14FN3O4S. The molecular weight excluding hydrogens is 349 g/mol. The molecule has 0 atom stereocenters. The van der Waals surface area contributed by atoms with Crippen molar-refractivity contribution in [3.05, 3.63) is 63.5 Å². The molecule has 0 spiro atoms. The molecule has 2 N–H and O–H groups in total. The zero-order valence-corrected chi connectivity index (χ0v) is 14.1. The highest BCUT2D eigenvalue weighted by Gasteiger charge is 2.17. The topological polar surface area (TPSA) is 93.5 Å². The molecule has 0 aliphatic carbocycles. The molecule has 0 saturated carbocycles. The predicted molar refractivity (Wildman–Crippen MR) is 94.5 cm³/mol. The Bertz CT molecular complexity index is 857. The van der Waals surface area contributed by atoms with E-state index < -0.39 is 16.6 Å². The number of nitro benzene ring substituents is 1. The number of carbonyl (C=O) groups is 1. The van der Waals surface area contributed by atoms with Crippen LogP contribution >= 0.6 is 12.2 Å². The summed E-state index contributed by atoms with van der Waals surface area (Å²) >= 11 is 4.97. The van der Waals surface area contributed by atoms with Gasteiger partial charge in [0.15, 0.2) is 5.11 Å². The van der Waals surface area contributed by atoms with Gasteiger partial charge in [0.05, 0.1) is 23.3 Å². The van der Waals surface area contributed by atoms with E-state index in [4.69, 9.17) is 17.0 Å². The molecule has 2 aromatic carbocycles. The van der Waals surface area contributed by atoms with Crippen molar-refractivity contribution in [3.8, 4) is 5.75 Å². The number of para-hydroxylation sites is 1. The molecule has 0 saturated heterocycles. The van der Waals surface area contributed by atoms with E-state index >= 15 is 0 Å². The van der Waals surface area contributed by atoms with Crippen LogP contribution in [-0.4, -0.2) is 23.1 Å². The third-order valence-electron chi connectivity index (χ3n) is 3.30. The van der Waals surface area contributed by atoms with Gasteiger partial charge >= 0.3 is 0 Å². The Morgan fingerprint density at radius 1 is 1.32 bits per heavy atom. The molecule has 0 unspecified atom stereocenters. The van der Waals surface area contributed by atoms with Crippen molar-refractivity contribution in [1.29, 1.82) is 0 Å². The minimum atomic E-state index is -0.740. The molecule has 0 fully saturated rings. The molecule has 0 radical (unpaired) electrons. The van der Waals surface area contributed by atoms with Crippen molar-refractivity contribution in [3.63, 3.8) is 0 Å². The molecule has 7 nitrogen and oxygen atoms in total. The number of hydrogen-bond donors (Lipinski definition) is 2. The molecule has 0 bridgehead atoms. The molecule has 0 heterocycles. The number of amides is 1. The quantitative estimate of drug-likeness (QED) is 0.492. The maximum atomic E-state index is 13.7. The van der Waals surface area contributed by atoms with Crippen LogP contribution in [0.5, 0.6) is 5.75 Å². The van der Waals surface area contributed by atoms with Gasteiger partial charge in [0.2, 0.25) is 0 Å². The Morgan fingerprint density at radius 2 is 2.04 bits per heavy atom. The van der Waals surface area contributed by atoms with Crippen molar-refractivity contribution in [2.24, 2.45) is 0 Å². The number of nitrogens with one attached hydrogen (secondary N) is 2. The number of rotatable bonds is 4. The number of hydrogen-bond acceptors (Lipinski definition) is 5. The van der Waals surface area contributed by atoms with Gasteiger partial charge in [-0.3, -0.25) is 20.2 Å². The number of anilines is 1. The lowest BCUT2D eigenvalue weighted by Crippen LogP contribution is -2.34. The van der Waals surface area contributed by atoms with E-state index in [1.165, 1.54) is 7.11 Å². The lowest BCUT2D eigenvalue weighted by atomic mass is 10.1. The number of carbonyl (C=O) groups excluding carboxylic acids is 1. The lowest BCUT2D eigenvalue weighted by molar-refractivity contribution is -0.384. The number of thiocarbonyl (C=S) groups is 1. The molecule has 25 heavy (non-hydrogen) atoms. The van der Waals surface area contributed by atoms with Crippen molar-refractivity contribution in [2.45, 2.75) is 6.92 Å². The fourth-order valence-electron chi connectivity index (χ4n) is 2.15. The van der Waals surface area contributed by atoms with Gasteiger partial charge < -0.3 is 10.1 Å². The van der Waals surface area contributed by atoms with Crippen LogP contribution in [0, 0.1) is 22.9 Å². The van der Waals surface area contributed by atoms with Crippen LogP contribution < -0.4 is 15.4 Å². The Labute approximate surface area is 148 Å². The summed E-state index contributed by atoms with van der Waals surface area (Å²) in [4.78, 5) is 22.4. The second-order valence-corrected chi connectivity index (χ2v) is 5.39. The molecule has 9 heteroatoms. The molecule has 0 aliphatic rings. The van der Waals surface area contributed by atoms with E-state index in [0.29, 0.717) is 5.75 Å². The van der Waals surface area contributed by atoms with Gasteiger partial charge in [0.1, 0.15) is 11.6 Å². The van der Waals surface area contributed by atoms with Gasteiger partial charge in [-0.1, -0.05) is 12.1 Å². The van der Waals surface area contributed by atoms with Crippen molar-refractivity contribution >= 4 is 34.6 Å². The van der Waals surface area contributed by atoms with E-state index in [1.54, 1.807) is 25.1 Å². The highest BCUT2D eigenvalue weighted by molar-refractivity contribution is 7.80.